The van der Waals surface area contributed by atoms with E-state index < -0.39 is 5.60 Å². The molecule has 6 heteroatoms. The van der Waals surface area contributed by atoms with Crippen LogP contribution >= 0.6 is 0 Å². The van der Waals surface area contributed by atoms with Crippen LogP contribution in [0.1, 0.15) is 50.8 Å². The van der Waals surface area contributed by atoms with Gasteiger partial charge in [-0.1, -0.05) is 12.1 Å². The van der Waals surface area contributed by atoms with Crippen molar-refractivity contribution < 1.29 is 14.3 Å². The van der Waals surface area contributed by atoms with E-state index in [0.717, 1.165) is 17.5 Å². The number of likely N-dealkylation sites (tertiary alicyclic amines) is 1. The molecule has 1 aliphatic heterocycles. The number of amides is 1. The van der Waals surface area contributed by atoms with Gasteiger partial charge in [-0.3, -0.25) is 4.79 Å². The second-order valence-corrected chi connectivity index (χ2v) is 7.22. The fraction of sp³-hybridized carbons (Fsp3) is 0.500. The minimum absolute atomic E-state index is 0.0313. The lowest BCUT2D eigenvalue weighted by atomic mass is 10.2. The highest BCUT2D eigenvalue weighted by Gasteiger charge is 2.33. The van der Waals surface area contributed by atoms with E-state index in [9.17, 15) is 9.59 Å². The molecule has 1 aromatic carbocycles. The van der Waals surface area contributed by atoms with E-state index >= 15 is 0 Å². The zero-order valence-corrected chi connectivity index (χ0v) is 14.6. The van der Waals surface area contributed by atoms with Crippen LogP contribution in [0.3, 0.4) is 0 Å². The van der Waals surface area contributed by atoms with Gasteiger partial charge in [0.05, 0.1) is 17.1 Å². The summed E-state index contributed by atoms with van der Waals surface area (Å²) in [5.41, 5.74) is 1.22. The third-order valence-electron chi connectivity index (χ3n) is 4.09. The number of benzene rings is 1. The molecular weight excluding hydrogens is 306 g/mol. The monoisotopic (exact) mass is 329 g/mol. The van der Waals surface area contributed by atoms with Crippen molar-refractivity contribution in [3.63, 3.8) is 0 Å². The number of fused-ring (bicyclic) bond motifs is 1. The molecular formula is C18H23N3O3. The summed E-state index contributed by atoms with van der Waals surface area (Å²) in [6.07, 6.45) is 0.471. The average Bonchev–Trinajstić information content (AvgIpc) is 3.09. The molecule has 0 aliphatic carbocycles. The highest BCUT2D eigenvalue weighted by molar-refractivity contribution is 5.94. The molecule has 1 aliphatic rings. The van der Waals surface area contributed by atoms with Gasteiger partial charge in [-0.2, -0.15) is 0 Å². The average molecular weight is 329 g/mol. The minimum atomic E-state index is -0.512. The van der Waals surface area contributed by atoms with Crippen molar-refractivity contribution in [1.82, 2.24) is 14.5 Å². The van der Waals surface area contributed by atoms with Crippen molar-refractivity contribution in [1.29, 1.82) is 0 Å². The summed E-state index contributed by atoms with van der Waals surface area (Å²) in [6, 6.07) is 7.74. The lowest BCUT2D eigenvalue weighted by Crippen LogP contribution is -2.35. The molecule has 1 fully saturated rings. The smallest absolute Gasteiger partial charge is 0.410 e. The molecule has 1 unspecified atom stereocenters. The van der Waals surface area contributed by atoms with Crippen molar-refractivity contribution in [3.8, 4) is 0 Å². The van der Waals surface area contributed by atoms with E-state index in [2.05, 4.69) is 4.98 Å². The molecule has 0 N–H and O–H groups in total. The number of ether oxygens (including phenoxy) is 1. The van der Waals surface area contributed by atoms with Gasteiger partial charge in [-0.25, -0.2) is 9.78 Å². The first-order valence-electron chi connectivity index (χ1n) is 8.22. The maximum atomic E-state index is 12.3. The Hall–Kier alpha value is -2.37. The Balaban J connectivity index is 1.88. The van der Waals surface area contributed by atoms with E-state index in [-0.39, 0.29) is 17.9 Å². The van der Waals surface area contributed by atoms with Crippen molar-refractivity contribution in [2.24, 2.45) is 0 Å². The SMILES string of the molecule is CC(=O)c1nc2ccccc2n1C1CCN(C(=O)OC(C)(C)C)C1. The quantitative estimate of drug-likeness (QED) is 0.792. The van der Waals surface area contributed by atoms with E-state index in [1.165, 1.54) is 6.92 Å². The Morgan fingerprint density at radius 3 is 2.62 bits per heavy atom. The van der Waals surface area contributed by atoms with Gasteiger partial charge < -0.3 is 14.2 Å². The molecule has 2 aromatic rings. The van der Waals surface area contributed by atoms with Gasteiger partial charge in [0.1, 0.15) is 5.60 Å². The molecule has 2 heterocycles. The molecule has 0 bridgehead atoms. The maximum absolute atomic E-state index is 12.3. The van der Waals surface area contributed by atoms with Gasteiger partial charge in [0.25, 0.3) is 0 Å². The summed E-state index contributed by atoms with van der Waals surface area (Å²) >= 11 is 0. The van der Waals surface area contributed by atoms with Crippen LogP contribution in [0.25, 0.3) is 11.0 Å². The van der Waals surface area contributed by atoms with Gasteiger partial charge in [0, 0.05) is 20.0 Å². The predicted octanol–water partition coefficient (Wildman–Crippen LogP) is 3.42. The first-order valence-corrected chi connectivity index (χ1v) is 8.22. The van der Waals surface area contributed by atoms with Crippen LogP contribution < -0.4 is 0 Å². The van der Waals surface area contributed by atoms with Crippen LogP contribution in [-0.2, 0) is 4.74 Å². The summed E-state index contributed by atoms with van der Waals surface area (Å²) in [5, 5.41) is 0. The van der Waals surface area contributed by atoms with Crippen molar-refractivity contribution in [2.45, 2.75) is 45.8 Å². The number of ketones is 1. The fourth-order valence-electron chi connectivity index (χ4n) is 3.11. The zero-order valence-electron chi connectivity index (χ0n) is 14.6. The summed E-state index contributed by atoms with van der Waals surface area (Å²) in [4.78, 5) is 30.4. The van der Waals surface area contributed by atoms with Crippen LogP contribution in [0, 0.1) is 0 Å². The molecule has 6 nitrogen and oxygen atoms in total. The third kappa shape index (κ3) is 3.13. The number of rotatable bonds is 2. The minimum Gasteiger partial charge on any atom is -0.444 e. The first kappa shape index (κ1) is 16.5. The fourth-order valence-corrected chi connectivity index (χ4v) is 3.11. The molecule has 1 saturated heterocycles. The van der Waals surface area contributed by atoms with Gasteiger partial charge in [0.15, 0.2) is 11.6 Å². The van der Waals surface area contributed by atoms with Crippen LogP contribution in [0.2, 0.25) is 0 Å². The number of hydrogen-bond acceptors (Lipinski definition) is 4. The Morgan fingerprint density at radius 1 is 1.25 bits per heavy atom. The number of nitrogens with zero attached hydrogens (tertiary/aromatic N) is 3. The number of imidazole rings is 1. The van der Waals surface area contributed by atoms with E-state index in [4.69, 9.17) is 4.74 Å². The van der Waals surface area contributed by atoms with Gasteiger partial charge >= 0.3 is 6.09 Å². The van der Waals surface area contributed by atoms with Crippen LogP contribution in [0.4, 0.5) is 4.79 Å². The molecule has 24 heavy (non-hydrogen) atoms. The number of carbonyl (C=O) groups excluding carboxylic acids is 2. The maximum Gasteiger partial charge on any atom is 0.410 e. The summed E-state index contributed by atoms with van der Waals surface area (Å²) in [6.45, 7) is 8.23. The molecule has 1 aromatic heterocycles. The molecule has 0 saturated carbocycles. The standard InChI is InChI=1S/C18H23N3O3/c1-12(22)16-19-14-7-5-6-8-15(14)21(16)13-9-10-20(11-13)17(23)24-18(2,3)4/h5-8,13H,9-11H2,1-4H3. The van der Waals surface area contributed by atoms with Gasteiger partial charge in [-0.15, -0.1) is 0 Å². The zero-order chi connectivity index (χ0) is 17.5. The van der Waals surface area contributed by atoms with E-state index in [1.54, 1.807) is 4.90 Å². The largest absolute Gasteiger partial charge is 0.444 e. The number of carbonyl (C=O) groups is 2. The summed E-state index contributed by atoms with van der Waals surface area (Å²) in [7, 11) is 0. The number of Topliss-reactive ketones (excluding diaryl/α,β-unsaturated/α-hetero) is 1. The molecule has 3 rings (SSSR count). The second-order valence-electron chi connectivity index (χ2n) is 7.22. The Morgan fingerprint density at radius 2 is 1.96 bits per heavy atom. The molecule has 128 valence electrons. The first-order chi connectivity index (χ1) is 11.3. The third-order valence-corrected chi connectivity index (χ3v) is 4.09. The molecule has 0 spiro atoms. The topological polar surface area (TPSA) is 64.4 Å². The number of hydrogen-bond donors (Lipinski definition) is 0. The molecule has 1 amide bonds. The second kappa shape index (κ2) is 5.92. The van der Waals surface area contributed by atoms with Crippen LogP contribution in [0.5, 0.6) is 0 Å². The van der Waals surface area contributed by atoms with Gasteiger partial charge in [0.2, 0.25) is 0 Å². The number of aromatic nitrogens is 2. The van der Waals surface area contributed by atoms with Crippen LogP contribution in [-0.4, -0.2) is 45.0 Å². The van der Waals surface area contributed by atoms with Gasteiger partial charge in [-0.05, 0) is 39.3 Å². The molecule has 1 atom stereocenters. The Kier molecular flexibility index (Phi) is 4.07. The Labute approximate surface area is 141 Å². The predicted molar refractivity (Wildman–Crippen MR) is 91.2 cm³/mol. The normalized spacial score (nSPS) is 18.2. The molecule has 0 radical (unpaired) electrons. The van der Waals surface area contributed by atoms with Crippen LogP contribution in [0.15, 0.2) is 24.3 Å². The van der Waals surface area contributed by atoms with Crippen molar-refractivity contribution in [3.05, 3.63) is 30.1 Å². The van der Waals surface area contributed by atoms with E-state index in [0.29, 0.717) is 18.9 Å². The summed E-state index contributed by atoms with van der Waals surface area (Å²) < 4.78 is 7.42. The van der Waals surface area contributed by atoms with E-state index in [1.807, 2.05) is 49.6 Å². The Bertz CT molecular complexity index is 788. The lowest BCUT2D eigenvalue weighted by molar-refractivity contribution is 0.0289. The lowest BCUT2D eigenvalue weighted by Gasteiger charge is -2.24. The summed E-state index contributed by atoms with van der Waals surface area (Å²) in [5.74, 6) is 0.383. The van der Waals surface area contributed by atoms with Crippen molar-refractivity contribution in [2.75, 3.05) is 13.1 Å². The highest BCUT2D eigenvalue weighted by atomic mass is 16.6. The highest BCUT2D eigenvalue weighted by Crippen LogP contribution is 2.29. The number of para-hydroxylation sites is 2. The van der Waals surface area contributed by atoms with Crippen molar-refractivity contribution >= 4 is 22.9 Å².